The average Bonchev–Trinajstić information content (AvgIpc) is 2.28. The van der Waals surface area contributed by atoms with Crippen LogP contribution in [0.4, 0.5) is 0 Å². The first-order valence-electron chi connectivity index (χ1n) is 6.59. The van der Waals surface area contributed by atoms with E-state index in [0.717, 1.165) is 18.8 Å². The zero-order chi connectivity index (χ0) is 12.6. The van der Waals surface area contributed by atoms with Gasteiger partial charge in [-0.2, -0.15) is 0 Å². The van der Waals surface area contributed by atoms with E-state index in [1.807, 2.05) is 12.2 Å². The lowest BCUT2D eigenvalue weighted by molar-refractivity contribution is 0.603. The maximum absolute atomic E-state index is 3.70. The first-order chi connectivity index (χ1) is 7.72. The highest BCUT2D eigenvalue weighted by atomic mass is 14.0. The van der Waals surface area contributed by atoms with Crippen LogP contribution in [0, 0.1) is 5.92 Å². The summed E-state index contributed by atoms with van der Waals surface area (Å²) in [5.41, 5.74) is 0. The van der Waals surface area contributed by atoms with Gasteiger partial charge in [-0.1, -0.05) is 57.9 Å². The van der Waals surface area contributed by atoms with Gasteiger partial charge in [0.15, 0.2) is 0 Å². The molecule has 0 aromatic carbocycles. The molecule has 0 radical (unpaired) electrons. The number of hydrogen-bond acceptors (Lipinski definition) is 0. The lowest BCUT2D eigenvalue weighted by Crippen LogP contribution is -1.88. The second-order valence-electron chi connectivity index (χ2n) is 4.18. The van der Waals surface area contributed by atoms with Crippen LogP contribution in [0.2, 0.25) is 0 Å². The molecule has 0 rings (SSSR count). The summed E-state index contributed by atoms with van der Waals surface area (Å²) < 4.78 is 0. The molecule has 94 valence electrons. The van der Waals surface area contributed by atoms with Gasteiger partial charge in [-0.15, -0.1) is 13.2 Å². The van der Waals surface area contributed by atoms with E-state index in [-0.39, 0.29) is 0 Å². The number of rotatable bonds is 8. The van der Waals surface area contributed by atoms with Gasteiger partial charge in [0.05, 0.1) is 0 Å². The second kappa shape index (κ2) is 16.6. The van der Waals surface area contributed by atoms with E-state index in [2.05, 4.69) is 46.1 Å². The fourth-order valence-corrected chi connectivity index (χ4v) is 1.22. The van der Waals surface area contributed by atoms with Crippen LogP contribution in [0.25, 0.3) is 0 Å². The topological polar surface area (TPSA) is 0 Å². The average molecular weight is 222 g/mol. The minimum absolute atomic E-state index is 0.764. The van der Waals surface area contributed by atoms with Crippen molar-refractivity contribution in [2.75, 3.05) is 0 Å². The Balaban J connectivity index is 0. The van der Waals surface area contributed by atoms with Crippen molar-refractivity contribution >= 4 is 0 Å². The van der Waals surface area contributed by atoms with Gasteiger partial charge in [0.1, 0.15) is 0 Å². The van der Waals surface area contributed by atoms with Crippen LogP contribution in [-0.4, -0.2) is 0 Å². The Morgan fingerprint density at radius 3 is 2.06 bits per heavy atom. The SMILES string of the molecule is C=CCC(C)CC=CCC.C=CCCCC. The summed E-state index contributed by atoms with van der Waals surface area (Å²) in [5, 5.41) is 0. The maximum Gasteiger partial charge on any atom is -0.0322 e. The van der Waals surface area contributed by atoms with E-state index in [1.165, 1.54) is 25.7 Å². The zero-order valence-corrected chi connectivity index (χ0v) is 11.5. The van der Waals surface area contributed by atoms with E-state index in [0.29, 0.717) is 0 Å². The minimum Gasteiger partial charge on any atom is -0.103 e. The molecule has 0 saturated carbocycles. The Labute approximate surface area is 103 Å². The molecule has 0 amide bonds. The highest BCUT2D eigenvalue weighted by Gasteiger charge is 1.93. The molecule has 0 aliphatic heterocycles. The van der Waals surface area contributed by atoms with Crippen molar-refractivity contribution in [3.05, 3.63) is 37.5 Å². The summed E-state index contributed by atoms with van der Waals surface area (Å²) in [5.74, 6) is 0.764. The molecule has 0 fully saturated rings. The molecule has 1 unspecified atom stereocenters. The Bertz CT molecular complexity index is 165. The molecule has 0 heterocycles. The first kappa shape index (κ1) is 17.6. The lowest BCUT2D eigenvalue weighted by Gasteiger charge is -2.02. The van der Waals surface area contributed by atoms with Crippen LogP contribution < -0.4 is 0 Å². The van der Waals surface area contributed by atoms with Crippen molar-refractivity contribution in [3.8, 4) is 0 Å². The van der Waals surface area contributed by atoms with Crippen molar-refractivity contribution in [1.82, 2.24) is 0 Å². The van der Waals surface area contributed by atoms with Crippen molar-refractivity contribution < 1.29 is 0 Å². The first-order valence-corrected chi connectivity index (χ1v) is 6.59. The van der Waals surface area contributed by atoms with Gasteiger partial charge >= 0.3 is 0 Å². The summed E-state index contributed by atoms with van der Waals surface area (Å²) in [6, 6.07) is 0. The Morgan fingerprint density at radius 2 is 1.69 bits per heavy atom. The van der Waals surface area contributed by atoms with Crippen LogP contribution in [0.3, 0.4) is 0 Å². The van der Waals surface area contributed by atoms with E-state index in [9.17, 15) is 0 Å². The van der Waals surface area contributed by atoms with Crippen molar-refractivity contribution in [3.63, 3.8) is 0 Å². The van der Waals surface area contributed by atoms with Crippen LogP contribution in [0.15, 0.2) is 37.5 Å². The van der Waals surface area contributed by atoms with Crippen molar-refractivity contribution in [2.24, 2.45) is 5.92 Å². The number of hydrogen-bond donors (Lipinski definition) is 0. The van der Waals surface area contributed by atoms with Gasteiger partial charge in [-0.25, -0.2) is 0 Å². The molecule has 0 aromatic heterocycles. The molecule has 1 atom stereocenters. The van der Waals surface area contributed by atoms with E-state index >= 15 is 0 Å². The summed E-state index contributed by atoms with van der Waals surface area (Å²) >= 11 is 0. The van der Waals surface area contributed by atoms with Gasteiger partial charge in [0.2, 0.25) is 0 Å². The van der Waals surface area contributed by atoms with Crippen LogP contribution in [0.5, 0.6) is 0 Å². The summed E-state index contributed by atoms with van der Waals surface area (Å²) in [7, 11) is 0. The molecule has 0 saturated heterocycles. The molecule has 0 N–H and O–H groups in total. The maximum atomic E-state index is 3.70. The van der Waals surface area contributed by atoms with Gasteiger partial charge in [-0.3, -0.25) is 0 Å². The molecular formula is C16H30. The van der Waals surface area contributed by atoms with Gasteiger partial charge < -0.3 is 0 Å². The molecule has 0 bridgehead atoms. The van der Waals surface area contributed by atoms with E-state index in [4.69, 9.17) is 0 Å². The van der Waals surface area contributed by atoms with E-state index in [1.54, 1.807) is 0 Å². The smallest absolute Gasteiger partial charge is 0.0322 e. The van der Waals surface area contributed by atoms with Crippen LogP contribution in [-0.2, 0) is 0 Å². The number of unbranched alkanes of at least 4 members (excludes halogenated alkanes) is 2. The third kappa shape index (κ3) is 18.9. The highest BCUT2D eigenvalue weighted by Crippen LogP contribution is 2.07. The molecular weight excluding hydrogens is 192 g/mol. The Hall–Kier alpha value is -0.780. The summed E-state index contributed by atoms with van der Waals surface area (Å²) in [6.45, 7) is 13.9. The third-order valence-corrected chi connectivity index (χ3v) is 2.27. The quantitative estimate of drug-likeness (QED) is 0.353. The monoisotopic (exact) mass is 222 g/mol. The van der Waals surface area contributed by atoms with Gasteiger partial charge in [0, 0.05) is 0 Å². The predicted molar refractivity (Wildman–Crippen MR) is 77.7 cm³/mol. The Kier molecular flexibility index (Phi) is 18.3. The number of allylic oxidation sites excluding steroid dienone is 4. The highest BCUT2D eigenvalue weighted by molar-refractivity contribution is 4.83. The van der Waals surface area contributed by atoms with Crippen molar-refractivity contribution in [1.29, 1.82) is 0 Å². The molecule has 0 aromatic rings. The fraction of sp³-hybridized carbons (Fsp3) is 0.625. The molecule has 0 heteroatoms. The fourth-order valence-electron chi connectivity index (χ4n) is 1.22. The zero-order valence-electron chi connectivity index (χ0n) is 11.5. The summed E-state index contributed by atoms with van der Waals surface area (Å²) in [4.78, 5) is 0. The predicted octanol–water partition coefficient (Wildman–Crippen LogP) is 5.92. The second-order valence-corrected chi connectivity index (χ2v) is 4.18. The van der Waals surface area contributed by atoms with Crippen molar-refractivity contribution in [2.45, 2.75) is 59.3 Å². The molecule has 16 heavy (non-hydrogen) atoms. The Morgan fingerprint density at radius 1 is 1.00 bits per heavy atom. The van der Waals surface area contributed by atoms with Crippen LogP contribution >= 0.6 is 0 Å². The lowest BCUT2D eigenvalue weighted by atomic mass is 10.0. The largest absolute Gasteiger partial charge is 0.103 e. The molecule has 0 aliphatic rings. The standard InChI is InChI=1S/C10H18.C6H12/c1-4-6-7-9-10(3)8-5-2;1-3-5-6-4-2/h5-7,10H,2,4,8-9H2,1,3H3;3H,1,4-6H2,2H3. The van der Waals surface area contributed by atoms with Gasteiger partial charge in [-0.05, 0) is 31.6 Å². The summed E-state index contributed by atoms with van der Waals surface area (Å²) in [6.07, 6.45) is 15.7. The van der Waals surface area contributed by atoms with Gasteiger partial charge in [0.25, 0.3) is 0 Å². The minimum atomic E-state index is 0.764. The third-order valence-electron chi connectivity index (χ3n) is 2.27. The van der Waals surface area contributed by atoms with E-state index < -0.39 is 0 Å². The molecule has 0 spiro atoms. The van der Waals surface area contributed by atoms with Crippen LogP contribution in [0.1, 0.15) is 59.3 Å². The normalized spacial score (nSPS) is 11.7. The molecule has 0 nitrogen and oxygen atoms in total. The molecule has 0 aliphatic carbocycles.